The SMILES string of the molecule is CN1C(=O)CN=C(c2ccccc2NC2CCCCC2)c2cc([N+](=O)[O-])ccc21. The number of fused-ring (bicyclic) bond motifs is 1. The molecule has 7 heteroatoms. The van der Waals surface area contributed by atoms with Crippen LogP contribution in [0.5, 0.6) is 0 Å². The number of likely N-dealkylation sites (N-methyl/N-ethyl adjacent to an activating group) is 1. The highest BCUT2D eigenvalue weighted by Gasteiger charge is 2.26. The molecule has 4 rings (SSSR count). The number of amides is 1. The molecule has 1 amide bonds. The number of nitrogens with zero attached hydrogens (tertiary/aromatic N) is 3. The van der Waals surface area contributed by atoms with E-state index in [1.807, 2.05) is 24.3 Å². The number of hydrogen-bond donors (Lipinski definition) is 1. The molecule has 1 aliphatic carbocycles. The smallest absolute Gasteiger partial charge is 0.270 e. The van der Waals surface area contributed by atoms with E-state index in [4.69, 9.17) is 0 Å². The van der Waals surface area contributed by atoms with Gasteiger partial charge < -0.3 is 10.2 Å². The molecule has 0 saturated heterocycles. The number of carbonyl (C=O) groups excluding carboxylic acids is 1. The molecule has 0 bridgehead atoms. The third kappa shape index (κ3) is 3.85. The Bertz CT molecular complexity index is 980. The summed E-state index contributed by atoms with van der Waals surface area (Å²) in [5, 5.41) is 15.0. The van der Waals surface area contributed by atoms with Crippen molar-refractivity contribution in [3.63, 3.8) is 0 Å². The van der Waals surface area contributed by atoms with E-state index < -0.39 is 4.92 Å². The van der Waals surface area contributed by atoms with Crippen molar-refractivity contribution in [3.05, 3.63) is 63.7 Å². The van der Waals surface area contributed by atoms with Gasteiger partial charge in [-0.3, -0.25) is 19.9 Å². The lowest BCUT2D eigenvalue weighted by Gasteiger charge is -2.25. The van der Waals surface area contributed by atoms with Crippen molar-refractivity contribution in [2.75, 3.05) is 23.8 Å². The normalized spacial score (nSPS) is 17.3. The maximum atomic E-state index is 12.4. The highest BCUT2D eigenvalue weighted by Crippen LogP contribution is 2.32. The van der Waals surface area contributed by atoms with Crippen molar-refractivity contribution in [3.8, 4) is 0 Å². The Balaban J connectivity index is 1.81. The van der Waals surface area contributed by atoms with E-state index >= 15 is 0 Å². The third-order valence-corrected chi connectivity index (χ3v) is 5.70. The van der Waals surface area contributed by atoms with Gasteiger partial charge in [0.25, 0.3) is 5.69 Å². The van der Waals surface area contributed by atoms with Crippen LogP contribution >= 0.6 is 0 Å². The van der Waals surface area contributed by atoms with Crippen LogP contribution in [0.25, 0.3) is 0 Å². The number of non-ortho nitro benzene ring substituents is 1. The Kier molecular flexibility index (Phi) is 5.29. The second kappa shape index (κ2) is 8.03. The first-order chi connectivity index (χ1) is 14.0. The number of benzodiazepines with no additional fused rings is 1. The maximum absolute atomic E-state index is 12.4. The molecule has 1 N–H and O–H groups in total. The van der Waals surface area contributed by atoms with E-state index in [0.29, 0.717) is 23.0 Å². The number of hydrogen-bond acceptors (Lipinski definition) is 5. The Morgan fingerprint density at radius 3 is 2.62 bits per heavy atom. The molecule has 2 aromatic rings. The summed E-state index contributed by atoms with van der Waals surface area (Å²) in [5.74, 6) is -0.146. The molecule has 2 aliphatic rings. The van der Waals surface area contributed by atoms with Crippen molar-refractivity contribution >= 4 is 28.7 Å². The maximum Gasteiger partial charge on any atom is 0.270 e. The minimum atomic E-state index is -0.420. The van der Waals surface area contributed by atoms with Gasteiger partial charge >= 0.3 is 0 Å². The molecule has 0 aromatic heterocycles. The van der Waals surface area contributed by atoms with Gasteiger partial charge in [-0.05, 0) is 25.0 Å². The van der Waals surface area contributed by atoms with E-state index in [2.05, 4.69) is 10.3 Å². The number of para-hydroxylation sites is 1. The number of aliphatic imine (C=N–C) groups is 1. The lowest BCUT2D eigenvalue weighted by atomic mass is 9.94. The molecular weight excluding hydrogens is 368 g/mol. The zero-order valence-corrected chi connectivity index (χ0v) is 16.4. The van der Waals surface area contributed by atoms with Gasteiger partial charge in [0, 0.05) is 42.0 Å². The fourth-order valence-electron chi connectivity index (χ4n) is 4.10. The standard InChI is InChI=1S/C22H24N4O3/c1-25-20-12-11-16(26(28)29)13-18(20)22(23-14-21(25)27)17-9-5-6-10-19(17)24-15-7-3-2-4-8-15/h5-6,9-13,15,24H,2-4,7-8,14H2,1H3. The van der Waals surface area contributed by atoms with Gasteiger partial charge in [0.15, 0.2) is 0 Å². The van der Waals surface area contributed by atoms with Gasteiger partial charge in [-0.25, -0.2) is 0 Å². The van der Waals surface area contributed by atoms with E-state index in [1.54, 1.807) is 13.1 Å². The van der Waals surface area contributed by atoms with Crippen LogP contribution in [0.1, 0.15) is 43.2 Å². The Labute approximate surface area is 169 Å². The summed E-state index contributed by atoms with van der Waals surface area (Å²) in [6.07, 6.45) is 5.97. The molecule has 0 unspecified atom stereocenters. The van der Waals surface area contributed by atoms with Gasteiger partial charge in [-0.1, -0.05) is 37.5 Å². The molecule has 29 heavy (non-hydrogen) atoms. The lowest BCUT2D eigenvalue weighted by Crippen LogP contribution is -2.27. The van der Waals surface area contributed by atoms with E-state index in [-0.39, 0.29) is 18.1 Å². The Morgan fingerprint density at radius 2 is 1.86 bits per heavy atom. The number of carbonyl (C=O) groups is 1. The van der Waals surface area contributed by atoms with Crippen molar-refractivity contribution in [1.29, 1.82) is 0 Å². The molecule has 1 fully saturated rings. The third-order valence-electron chi connectivity index (χ3n) is 5.70. The van der Waals surface area contributed by atoms with Crippen molar-refractivity contribution < 1.29 is 9.72 Å². The van der Waals surface area contributed by atoms with Crippen LogP contribution in [0.15, 0.2) is 47.5 Å². The Morgan fingerprint density at radius 1 is 1.10 bits per heavy atom. The predicted molar refractivity (Wildman–Crippen MR) is 114 cm³/mol. The largest absolute Gasteiger partial charge is 0.382 e. The van der Waals surface area contributed by atoms with Crippen LogP contribution in [-0.2, 0) is 4.79 Å². The van der Waals surface area contributed by atoms with E-state index in [1.165, 1.54) is 36.3 Å². The number of benzene rings is 2. The summed E-state index contributed by atoms with van der Waals surface area (Å²) in [6.45, 7) is 0.00603. The number of anilines is 2. The number of nitrogens with one attached hydrogen (secondary N) is 1. The second-order valence-corrected chi connectivity index (χ2v) is 7.60. The lowest BCUT2D eigenvalue weighted by molar-refractivity contribution is -0.384. The van der Waals surface area contributed by atoms with Crippen LogP contribution in [-0.4, -0.2) is 36.2 Å². The van der Waals surface area contributed by atoms with Gasteiger partial charge in [-0.2, -0.15) is 0 Å². The molecule has 0 radical (unpaired) electrons. The zero-order chi connectivity index (χ0) is 20.4. The van der Waals surface area contributed by atoms with Crippen LogP contribution in [0.3, 0.4) is 0 Å². The quantitative estimate of drug-likeness (QED) is 0.625. The second-order valence-electron chi connectivity index (χ2n) is 7.60. The fourth-order valence-corrected chi connectivity index (χ4v) is 4.10. The summed E-state index contributed by atoms with van der Waals surface area (Å²) >= 11 is 0. The monoisotopic (exact) mass is 392 g/mol. The summed E-state index contributed by atoms with van der Waals surface area (Å²) in [4.78, 5) is 29.5. The zero-order valence-electron chi connectivity index (χ0n) is 16.4. The van der Waals surface area contributed by atoms with Crippen LogP contribution in [0, 0.1) is 10.1 Å². The van der Waals surface area contributed by atoms with Gasteiger partial charge in [-0.15, -0.1) is 0 Å². The van der Waals surface area contributed by atoms with Crippen LogP contribution < -0.4 is 10.2 Å². The minimum Gasteiger partial charge on any atom is -0.382 e. The van der Waals surface area contributed by atoms with Gasteiger partial charge in [0.2, 0.25) is 5.91 Å². The summed E-state index contributed by atoms with van der Waals surface area (Å²) < 4.78 is 0. The molecule has 1 saturated carbocycles. The van der Waals surface area contributed by atoms with E-state index in [9.17, 15) is 14.9 Å². The molecule has 0 spiro atoms. The summed E-state index contributed by atoms with van der Waals surface area (Å²) in [6, 6.07) is 12.9. The Hall–Kier alpha value is -3.22. The number of rotatable bonds is 4. The van der Waals surface area contributed by atoms with Crippen LogP contribution in [0.2, 0.25) is 0 Å². The minimum absolute atomic E-state index is 0.00603. The average Bonchev–Trinajstić information content (AvgIpc) is 2.86. The molecule has 2 aromatic carbocycles. The molecule has 1 aliphatic heterocycles. The first kappa shape index (κ1) is 19.1. The predicted octanol–water partition coefficient (Wildman–Crippen LogP) is 4.15. The summed E-state index contributed by atoms with van der Waals surface area (Å²) in [7, 11) is 1.68. The molecule has 7 nitrogen and oxygen atoms in total. The average molecular weight is 392 g/mol. The first-order valence-electron chi connectivity index (χ1n) is 10.0. The molecular formula is C22H24N4O3. The van der Waals surface area contributed by atoms with E-state index in [0.717, 1.165) is 24.1 Å². The topological polar surface area (TPSA) is 87.8 Å². The molecule has 1 heterocycles. The van der Waals surface area contributed by atoms with Gasteiger partial charge in [0.1, 0.15) is 6.54 Å². The summed E-state index contributed by atoms with van der Waals surface area (Å²) in [5.41, 5.74) is 3.64. The van der Waals surface area contributed by atoms with Crippen LogP contribution in [0.4, 0.5) is 17.1 Å². The molecule has 150 valence electrons. The number of nitro groups is 1. The van der Waals surface area contributed by atoms with Gasteiger partial charge in [0.05, 0.1) is 16.3 Å². The van der Waals surface area contributed by atoms with Crippen molar-refractivity contribution in [2.24, 2.45) is 4.99 Å². The number of nitro benzene ring substituents is 1. The van der Waals surface area contributed by atoms with Crippen molar-refractivity contribution in [1.82, 2.24) is 0 Å². The highest BCUT2D eigenvalue weighted by molar-refractivity contribution is 6.21. The highest BCUT2D eigenvalue weighted by atomic mass is 16.6. The van der Waals surface area contributed by atoms with Crippen molar-refractivity contribution in [2.45, 2.75) is 38.1 Å². The fraction of sp³-hybridized carbons (Fsp3) is 0.364. The molecule has 0 atom stereocenters. The first-order valence-corrected chi connectivity index (χ1v) is 10.0.